The van der Waals surface area contributed by atoms with Gasteiger partial charge in [0.2, 0.25) is 5.91 Å². The van der Waals surface area contributed by atoms with Crippen LogP contribution in [-0.2, 0) is 9.53 Å². The van der Waals surface area contributed by atoms with Crippen molar-refractivity contribution in [3.05, 3.63) is 96.6 Å². The van der Waals surface area contributed by atoms with Gasteiger partial charge < -0.3 is 25.8 Å². The fraction of sp³-hybridized carbons (Fsp3) is 0.185. The Morgan fingerprint density at radius 3 is 2.33 bits per heavy atom. The van der Waals surface area contributed by atoms with Gasteiger partial charge in [0.1, 0.15) is 17.7 Å². The summed E-state index contributed by atoms with van der Waals surface area (Å²) in [6.45, 7) is -0.428. The Labute approximate surface area is 206 Å². The van der Waals surface area contributed by atoms with Crippen LogP contribution in [0.15, 0.2) is 84.9 Å². The zero-order chi connectivity index (χ0) is 25.5. The lowest BCUT2D eigenvalue weighted by molar-refractivity contribution is -0.120. The Morgan fingerprint density at radius 1 is 0.889 bits per heavy atom. The highest BCUT2D eigenvalue weighted by Crippen LogP contribution is 2.22. The number of carbonyl (C=O) groups excluding carboxylic acids is 2. The molecule has 186 valence electrons. The molecule has 36 heavy (non-hydrogen) atoms. The van der Waals surface area contributed by atoms with Crippen molar-refractivity contribution in [3.8, 4) is 11.1 Å². The third kappa shape index (κ3) is 6.53. The van der Waals surface area contributed by atoms with Crippen LogP contribution in [0.1, 0.15) is 6.42 Å². The number of hydrogen-bond acceptors (Lipinski definition) is 4. The summed E-state index contributed by atoms with van der Waals surface area (Å²) >= 11 is 0. The molecule has 0 saturated carbocycles. The Morgan fingerprint density at radius 2 is 1.61 bits per heavy atom. The lowest BCUT2D eigenvalue weighted by Gasteiger charge is -2.31. The van der Waals surface area contributed by atoms with Crippen molar-refractivity contribution in [1.82, 2.24) is 5.32 Å². The minimum Gasteiger partial charge on any atom is -0.394 e. The monoisotopic (exact) mass is 493 g/mol. The van der Waals surface area contributed by atoms with Crippen LogP contribution in [0.2, 0.25) is 0 Å². The molecule has 1 aliphatic heterocycles. The van der Waals surface area contributed by atoms with Gasteiger partial charge in [-0.2, -0.15) is 0 Å². The van der Waals surface area contributed by atoms with E-state index in [0.29, 0.717) is 5.69 Å². The maximum absolute atomic E-state index is 13.8. The number of aliphatic hydroxyl groups is 1. The third-order valence-electron chi connectivity index (χ3n) is 5.60. The predicted octanol–water partition coefficient (Wildman–Crippen LogP) is 4.47. The quantitative estimate of drug-likeness (QED) is 0.365. The molecule has 0 fully saturated rings. The molecule has 7 nitrogen and oxygen atoms in total. The van der Waals surface area contributed by atoms with E-state index in [9.17, 15) is 23.5 Å². The summed E-state index contributed by atoms with van der Waals surface area (Å²) in [5.41, 5.74) is 2.42. The smallest absolute Gasteiger partial charge is 0.319 e. The molecule has 0 aliphatic carbocycles. The highest BCUT2D eigenvalue weighted by molar-refractivity contribution is 5.91. The molecule has 1 heterocycles. The minimum atomic E-state index is -0.832. The van der Waals surface area contributed by atoms with Crippen LogP contribution in [0.4, 0.5) is 25.0 Å². The topological polar surface area (TPSA) is 99.7 Å². The van der Waals surface area contributed by atoms with E-state index >= 15 is 0 Å². The van der Waals surface area contributed by atoms with E-state index in [1.807, 2.05) is 54.6 Å². The second kappa shape index (κ2) is 11.6. The second-order valence-electron chi connectivity index (χ2n) is 8.22. The molecule has 0 radical (unpaired) electrons. The van der Waals surface area contributed by atoms with Crippen LogP contribution < -0.4 is 16.0 Å². The van der Waals surface area contributed by atoms with Gasteiger partial charge in [-0.3, -0.25) is 4.79 Å². The number of benzene rings is 3. The van der Waals surface area contributed by atoms with Crippen molar-refractivity contribution >= 4 is 23.3 Å². The van der Waals surface area contributed by atoms with E-state index in [1.165, 1.54) is 0 Å². The van der Waals surface area contributed by atoms with E-state index in [-0.39, 0.29) is 18.0 Å². The molecule has 3 atom stereocenters. The summed E-state index contributed by atoms with van der Waals surface area (Å²) in [7, 11) is 0. The number of aliphatic hydroxyl groups excluding tert-OH is 1. The molecule has 0 saturated heterocycles. The lowest BCUT2D eigenvalue weighted by Crippen LogP contribution is -2.50. The number of nitrogens with one attached hydrogen (secondary N) is 3. The first-order chi connectivity index (χ1) is 17.4. The number of hydrogen-bond donors (Lipinski definition) is 4. The number of anilines is 2. The predicted molar refractivity (Wildman–Crippen MR) is 132 cm³/mol. The van der Waals surface area contributed by atoms with Crippen molar-refractivity contribution in [2.45, 2.75) is 24.7 Å². The van der Waals surface area contributed by atoms with E-state index < -0.39 is 42.5 Å². The van der Waals surface area contributed by atoms with Gasteiger partial charge in [-0.1, -0.05) is 54.6 Å². The van der Waals surface area contributed by atoms with Crippen molar-refractivity contribution in [1.29, 1.82) is 0 Å². The second-order valence-corrected chi connectivity index (χ2v) is 8.22. The van der Waals surface area contributed by atoms with Gasteiger partial charge in [0.25, 0.3) is 0 Å². The number of carbonyl (C=O) groups is 2. The average molecular weight is 494 g/mol. The molecule has 3 aromatic rings. The molecule has 3 amide bonds. The molecule has 4 rings (SSSR count). The van der Waals surface area contributed by atoms with Crippen molar-refractivity contribution < 1.29 is 28.2 Å². The van der Waals surface area contributed by atoms with Gasteiger partial charge in [0, 0.05) is 11.8 Å². The highest BCUT2D eigenvalue weighted by Gasteiger charge is 2.29. The SMILES string of the molecule is O=C(C[C@@H]1C=C[C@H](NC(=O)Nc2cc(F)ccc2F)[C@@H](CO)O1)Nc1ccc(-c2ccccc2)cc1. The maximum atomic E-state index is 13.8. The van der Waals surface area contributed by atoms with Gasteiger partial charge in [0.15, 0.2) is 0 Å². The lowest BCUT2D eigenvalue weighted by atomic mass is 10.0. The van der Waals surface area contributed by atoms with E-state index in [1.54, 1.807) is 12.2 Å². The molecule has 0 spiro atoms. The highest BCUT2D eigenvalue weighted by atomic mass is 19.1. The number of rotatable bonds is 7. The Bertz CT molecular complexity index is 1240. The molecule has 9 heteroatoms. The number of ether oxygens (including phenoxy) is 1. The largest absolute Gasteiger partial charge is 0.394 e. The number of halogens is 2. The van der Waals surface area contributed by atoms with Crippen LogP contribution >= 0.6 is 0 Å². The summed E-state index contributed by atoms with van der Waals surface area (Å²) in [5, 5.41) is 17.3. The normalized spacial score (nSPS) is 18.9. The van der Waals surface area contributed by atoms with Gasteiger partial charge in [0.05, 0.1) is 30.9 Å². The van der Waals surface area contributed by atoms with Crippen molar-refractivity contribution in [3.63, 3.8) is 0 Å². The zero-order valence-electron chi connectivity index (χ0n) is 19.2. The fourth-order valence-corrected chi connectivity index (χ4v) is 3.81. The molecule has 4 N–H and O–H groups in total. The van der Waals surface area contributed by atoms with E-state index in [2.05, 4.69) is 16.0 Å². The van der Waals surface area contributed by atoms with Crippen LogP contribution in [0, 0.1) is 11.6 Å². The van der Waals surface area contributed by atoms with Gasteiger partial charge in [-0.25, -0.2) is 13.6 Å². The molecular formula is C27H25F2N3O4. The first-order valence-electron chi connectivity index (χ1n) is 11.3. The molecule has 3 aromatic carbocycles. The minimum absolute atomic E-state index is 0.000850. The Kier molecular flexibility index (Phi) is 8.04. The van der Waals surface area contributed by atoms with Gasteiger partial charge in [-0.15, -0.1) is 0 Å². The van der Waals surface area contributed by atoms with Gasteiger partial charge in [-0.05, 0) is 35.4 Å². The van der Waals surface area contributed by atoms with Crippen molar-refractivity contribution in [2.24, 2.45) is 0 Å². The maximum Gasteiger partial charge on any atom is 0.319 e. The van der Waals surface area contributed by atoms with Crippen LogP contribution in [0.25, 0.3) is 11.1 Å². The van der Waals surface area contributed by atoms with E-state index in [0.717, 1.165) is 29.3 Å². The Balaban J connectivity index is 1.30. The van der Waals surface area contributed by atoms with Crippen molar-refractivity contribution in [2.75, 3.05) is 17.2 Å². The molecular weight excluding hydrogens is 468 g/mol. The summed E-state index contributed by atoms with van der Waals surface area (Å²) in [6, 6.07) is 18.5. The number of urea groups is 1. The summed E-state index contributed by atoms with van der Waals surface area (Å²) in [6.07, 6.45) is 1.76. The first kappa shape index (κ1) is 25.0. The summed E-state index contributed by atoms with van der Waals surface area (Å²) in [4.78, 5) is 24.8. The van der Waals surface area contributed by atoms with Crippen LogP contribution in [-0.4, -0.2) is 41.9 Å². The van der Waals surface area contributed by atoms with Crippen LogP contribution in [0.5, 0.6) is 0 Å². The fourth-order valence-electron chi connectivity index (χ4n) is 3.81. The summed E-state index contributed by atoms with van der Waals surface area (Å²) in [5.74, 6) is -1.77. The molecule has 1 aliphatic rings. The first-order valence-corrected chi connectivity index (χ1v) is 11.3. The van der Waals surface area contributed by atoms with Gasteiger partial charge >= 0.3 is 6.03 Å². The average Bonchev–Trinajstić information content (AvgIpc) is 2.88. The summed E-state index contributed by atoms with van der Waals surface area (Å²) < 4.78 is 32.8. The molecule has 0 unspecified atom stereocenters. The van der Waals surface area contributed by atoms with Crippen LogP contribution in [0.3, 0.4) is 0 Å². The molecule has 0 aromatic heterocycles. The molecule has 0 bridgehead atoms. The number of amides is 3. The standard InChI is InChI=1S/C27H25F2N3O4/c28-19-8-12-22(29)24(14-19)32-27(35)31-23-13-11-21(36-25(23)16-33)15-26(34)30-20-9-6-18(7-10-20)17-4-2-1-3-5-17/h1-14,21,23,25,33H,15-16H2,(H,30,34)(H2,31,32,35)/t21-,23-,25+/m0/s1. The zero-order valence-corrected chi connectivity index (χ0v) is 19.2. The van der Waals surface area contributed by atoms with E-state index in [4.69, 9.17) is 4.74 Å². The third-order valence-corrected chi connectivity index (χ3v) is 5.60. The Hall–Kier alpha value is -4.08.